The van der Waals surface area contributed by atoms with Crippen LogP contribution in [0.4, 0.5) is 24.5 Å². The van der Waals surface area contributed by atoms with Crippen molar-refractivity contribution in [3.63, 3.8) is 0 Å². The van der Waals surface area contributed by atoms with Gasteiger partial charge in [0.1, 0.15) is 16.4 Å². The van der Waals surface area contributed by atoms with E-state index in [0.717, 1.165) is 26.4 Å². The highest BCUT2D eigenvalue weighted by atomic mass is 32.2. The number of carbonyl (C=O) groups is 1. The number of benzene rings is 2. The quantitative estimate of drug-likeness (QED) is 0.600. The van der Waals surface area contributed by atoms with Gasteiger partial charge in [-0.3, -0.25) is 9.52 Å². The van der Waals surface area contributed by atoms with E-state index in [1.807, 2.05) is 5.32 Å². The molecule has 2 rings (SSSR count). The van der Waals surface area contributed by atoms with Gasteiger partial charge in [0.15, 0.2) is 0 Å². The van der Waals surface area contributed by atoms with Gasteiger partial charge in [-0.05, 0) is 19.1 Å². The first kappa shape index (κ1) is 23.3. The zero-order chi connectivity index (χ0) is 22.7. The standard InChI is InChI=1S/C18H19F3N2O6S/c1-17(25,18(19,20)21)16(24)22-12-9-14(29-3)15(10-13(12)28-2)30(26,27)23-11-7-5-4-6-8-11/h4-10,23,25H,1-3H3,(H,22,24). The lowest BCUT2D eigenvalue weighted by molar-refractivity contribution is -0.242. The average Bonchev–Trinajstić information content (AvgIpc) is 2.66. The largest absolute Gasteiger partial charge is 0.495 e. The average molecular weight is 448 g/mol. The summed E-state index contributed by atoms with van der Waals surface area (Å²) in [6.45, 7) is 0.286. The highest BCUT2D eigenvalue weighted by Crippen LogP contribution is 2.38. The van der Waals surface area contributed by atoms with Crippen molar-refractivity contribution in [3.05, 3.63) is 42.5 Å². The van der Waals surface area contributed by atoms with Crippen LogP contribution in [0.25, 0.3) is 0 Å². The molecule has 1 unspecified atom stereocenters. The van der Waals surface area contributed by atoms with Crippen LogP contribution in [0.2, 0.25) is 0 Å². The highest BCUT2D eigenvalue weighted by Gasteiger charge is 2.56. The molecule has 3 N–H and O–H groups in total. The molecular formula is C18H19F3N2O6S. The zero-order valence-electron chi connectivity index (χ0n) is 16.1. The summed E-state index contributed by atoms with van der Waals surface area (Å²) in [4.78, 5) is 11.6. The Labute approximate surface area is 170 Å². The van der Waals surface area contributed by atoms with Gasteiger partial charge in [0, 0.05) is 17.8 Å². The third-order valence-corrected chi connectivity index (χ3v) is 5.45. The first-order valence-corrected chi connectivity index (χ1v) is 9.76. The summed E-state index contributed by atoms with van der Waals surface area (Å²) >= 11 is 0. The van der Waals surface area contributed by atoms with Crippen LogP contribution in [-0.4, -0.2) is 45.4 Å². The van der Waals surface area contributed by atoms with Crippen LogP contribution in [0, 0.1) is 0 Å². The minimum Gasteiger partial charge on any atom is -0.495 e. The predicted octanol–water partition coefficient (Wildman–Crippen LogP) is 2.76. The summed E-state index contributed by atoms with van der Waals surface area (Å²) in [5.74, 6) is -2.33. The maximum Gasteiger partial charge on any atom is 0.426 e. The zero-order valence-corrected chi connectivity index (χ0v) is 16.9. The molecule has 2 aromatic carbocycles. The van der Waals surface area contributed by atoms with Crippen LogP contribution in [0.5, 0.6) is 11.5 Å². The molecule has 0 radical (unpaired) electrons. The second kappa shape index (κ2) is 8.40. The minimum absolute atomic E-state index is 0.261. The Hall–Kier alpha value is -2.99. The fourth-order valence-corrected chi connectivity index (χ4v) is 3.49. The van der Waals surface area contributed by atoms with Gasteiger partial charge in [-0.25, -0.2) is 8.42 Å². The van der Waals surface area contributed by atoms with Crippen LogP contribution < -0.4 is 19.5 Å². The van der Waals surface area contributed by atoms with Crippen LogP contribution in [-0.2, 0) is 14.8 Å². The molecule has 0 saturated carbocycles. The van der Waals surface area contributed by atoms with E-state index in [4.69, 9.17) is 9.47 Å². The molecule has 0 aliphatic rings. The first-order valence-electron chi connectivity index (χ1n) is 8.28. The molecule has 164 valence electrons. The summed E-state index contributed by atoms with van der Waals surface area (Å²) in [5, 5.41) is 11.4. The minimum atomic E-state index is -5.24. The molecule has 0 spiro atoms. The molecule has 2 aromatic rings. The Morgan fingerprint density at radius 2 is 1.60 bits per heavy atom. The molecule has 0 aliphatic carbocycles. The number of alkyl halides is 3. The van der Waals surface area contributed by atoms with Crippen molar-refractivity contribution >= 4 is 27.3 Å². The van der Waals surface area contributed by atoms with Crippen molar-refractivity contribution < 1.29 is 41.0 Å². The number of rotatable bonds is 7. The Balaban J connectivity index is 2.47. The monoisotopic (exact) mass is 448 g/mol. The third-order valence-electron chi connectivity index (χ3n) is 4.04. The SMILES string of the molecule is COc1cc(S(=O)(=O)Nc2ccccc2)c(OC)cc1NC(=O)C(C)(O)C(F)(F)F. The molecule has 0 heterocycles. The van der Waals surface area contributed by atoms with E-state index in [-0.39, 0.29) is 34.7 Å². The molecule has 0 aliphatic heterocycles. The number of ether oxygens (including phenoxy) is 2. The van der Waals surface area contributed by atoms with Gasteiger partial charge < -0.3 is 19.9 Å². The van der Waals surface area contributed by atoms with Gasteiger partial charge in [-0.1, -0.05) is 18.2 Å². The summed E-state index contributed by atoms with van der Waals surface area (Å²) in [5.41, 5.74) is -3.76. The van der Waals surface area contributed by atoms with E-state index in [0.29, 0.717) is 0 Å². The van der Waals surface area contributed by atoms with Crippen molar-refractivity contribution in [2.75, 3.05) is 24.3 Å². The van der Waals surface area contributed by atoms with E-state index in [2.05, 4.69) is 4.72 Å². The highest BCUT2D eigenvalue weighted by molar-refractivity contribution is 7.92. The van der Waals surface area contributed by atoms with Gasteiger partial charge in [0.05, 0.1) is 19.9 Å². The van der Waals surface area contributed by atoms with Crippen LogP contribution in [0.1, 0.15) is 6.92 Å². The number of amides is 1. The van der Waals surface area contributed by atoms with E-state index >= 15 is 0 Å². The number of methoxy groups -OCH3 is 2. The van der Waals surface area contributed by atoms with E-state index in [9.17, 15) is 31.5 Å². The molecule has 30 heavy (non-hydrogen) atoms. The van der Waals surface area contributed by atoms with Gasteiger partial charge >= 0.3 is 6.18 Å². The van der Waals surface area contributed by atoms with Crippen LogP contribution in [0.15, 0.2) is 47.4 Å². The molecule has 0 fully saturated rings. The fraction of sp³-hybridized carbons (Fsp3) is 0.278. The lowest BCUT2D eigenvalue weighted by Gasteiger charge is -2.25. The Bertz CT molecular complexity index is 1020. The number of hydrogen-bond acceptors (Lipinski definition) is 6. The molecule has 0 bridgehead atoms. The maximum absolute atomic E-state index is 12.9. The molecular weight excluding hydrogens is 429 g/mol. The second-order valence-electron chi connectivity index (χ2n) is 6.20. The van der Waals surface area contributed by atoms with Crippen molar-refractivity contribution in [2.45, 2.75) is 23.6 Å². The molecule has 0 aromatic heterocycles. The summed E-state index contributed by atoms with van der Waals surface area (Å²) in [7, 11) is -1.92. The van der Waals surface area contributed by atoms with E-state index < -0.39 is 27.7 Å². The van der Waals surface area contributed by atoms with Crippen LogP contribution in [0.3, 0.4) is 0 Å². The normalized spacial score (nSPS) is 13.8. The number of sulfonamides is 1. The van der Waals surface area contributed by atoms with Crippen molar-refractivity contribution in [2.24, 2.45) is 0 Å². The van der Waals surface area contributed by atoms with Crippen LogP contribution >= 0.6 is 0 Å². The molecule has 1 amide bonds. The Morgan fingerprint density at radius 3 is 2.10 bits per heavy atom. The molecule has 1 atom stereocenters. The number of halogens is 3. The van der Waals surface area contributed by atoms with Crippen molar-refractivity contribution in [1.29, 1.82) is 0 Å². The molecule has 12 heteroatoms. The van der Waals surface area contributed by atoms with Gasteiger partial charge in [-0.15, -0.1) is 0 Å². The predicted molar refractivity (Wildman–Crippen MR) is 102 cm³/mol. The van der Waals surface area contributed by atoms with Gasteiger partial charge in [-0.2, -0.15) is 13.2 Å². The Morgan fingerprint density at radius 1 is 1.03 bits per heavy atom. The number of nitrogens with one attached hydrogen (secondary N) is 2. The Kier molecular flexibility index (Phi) is 6.52. The van der Waals surface area contributed by atoms with Gasteiger partial charge in [0.25, 0.3) is 15.9 Å². The number of hydrogen-bond donors (Lipinski definition) is 3. The summed E-state index contributed by atoms with van der Waals surface area (Å²) < 4.78 is 76.5. The molecule has 0 saturated heterocycles. The smallest absolute Gasteiger partial charge is 0.426 e. The lowest BCUT2D eigenvalue weighted by Crippen LogP contribution is -2.52. The van der Waals surface area contributed by atoms with Crippen molar-refractivity contribution in [3.8, 4) is 11.5 Å². The lowest BCUT2D eigenvalue weighted by atomic mass is 10.1. The number of para-hydroxylation sites is 1. The first-order chi connectivity index (χ1) is 13.8. The fourth-order valence-electron chi connectivity index (χ4n) is 2.27. The summed E-state index contributed by atoms with van der Waals surface area (Å²) in [6.07, 6.45) is -5.24. The topological polar surface area (TPSA) is 114 Å². The maximum atomic E-state index is 12.9. The van der Waals surface area contributed by atoms with E-state index in [1.54, 1.807) is 18.2 Å². The molecule has 8 nitrogen and oxygen atoms in total. The summed E-state index contributed by atoms with van der Waals surface area (Å²) in [6, 6.07) is 9.88. The number of aliphatic hydroxyl groups is 1. The number of carbonyl (C=O) groups excluding carboxylic acids is 1. The number of anilines is 2. The third kappa shape index (κ3) is 4.76. The van der Waals surface area contributed by atoms with E-state index in [1.165, 1.54) is 12.1 Å². The van der Waals surface area contributed by atoms with Gasteiger partial charge in [0.2, 0.25) is 5.60 Å². The second-order valence-corrected chi connectivity index (χ2v) is 7.85. The van der Waals surface area contributed by atoms with Crippen molar-refractivity contribution in [1.82, 2.24) is 0 Å².